The molecule has 21 heavy (non-hydrogen) atoms. The summed E-state index contributed by atoms with van der Waals surface area (Å²) in [6.07, 6.45) is 5.00. The second-order valence-corrected chi connectivity index (χ2v) is 48.7. The highest BCUT2D eigenvalue weighted by Gasteiger charge is 2.70. The molecule has 1 aliphatic rings. The van der Waals surface area contributed by atoms with Crippen molar-refractivity contribution in [2.75, 3.05) is 6.54 Å². The molecule has 126 valence electrons. The third-order valence-electron chi connectivity index (χ3n) is 7.79. The van der Waals surface area contributed by atoms with Gasteiger partial charge in [0.1, 0.15) is 0 Å². The topological polar surface area (TPSA) is 35.2 Å². The van der Waals surface area contributed by atoms with Crippen molar-refractivity contribution < 1.29 is 4.43 Å². The van der Waals surface area contributed by atoms with Crippen LogP contribution in [0.5, 0.6) is 0 Å². The zero-order valence-corrected chi connectivity index (χ0v) is 20.0. The van der Waals surface area contributed by atoms with Crippen LogP contribution in [0.4, 0.5) is 0 Å². The van der Waals surface area contributed by atoms with Crippen LogP contribution in [0.15, 0.2) is 0 Å². The number of nitrogens with two attached hydrogens (primary N) is 1. The van der Waals surface area contributed by atoms with Crippen molar-refractivity contribution in [3.05, 3.63) is 0 Å². The minimum Gasteiger partial charge on any atom is -0.418 e. The first-order chi connectivity index (χ1) is 9.27. The Bertz CT molecular complexity index is 382. The van der Waals surface area contributed by atoms with E-state index in [1.165, 1.54) is 25.7 Å². The van der Waals surface area contributed by atoms with Crippen LogP contribution in [-0.4, -0.2) is 41.4 Å². The van der Waals surface area contributed by atoms with E-state index in [-0.39, 0.29) is 5.22 Å². The molecular weight excluding hydrogens is 323 g/mol. The number of hydrogen-bond acceptors (Lipinski definition) is 2. The van der Waals surface area contributed by atoms with Crippen LogP contribution in [-0.2, 0) is 4.43 Å². The number of unbranched alkanes of at least 4 members (excludes halogenated alkanes) is 2. The molecule has 1 aliphatic heterocycles. The lowest BCUT2D eigenvalue weighted by atomic mass is 10.1. The first-order valence-electron chi connectivity index (χ1n) is 8.67. The van der Waals surface area contributed by atoms with E-state index < -0.39 is 29.6 Å². The molecule has 0 spiro atoms. The molecule has 1 fully saturated rings. The van der Waals surface area contributed by atoms with Crippen molar-refractivity contribution in [1.82, 2.24) is 0 Å². The van der Waals surface area contributed by atoms with Crippen molar-refractivity contribution in [3.63, 3.8) is 0 Å². The van der Waals surface area contributed by atoms with E-state index in [0.29, 0.717) is 0 Å². The number of hydrogen-bond donors (Lipinski definition) is 1. The fourth-order valence-corrected chi connectivity index (χ4v) is 75.4. The zero-order chi connectivity index (χ0) is 16.7. The Hall–Kier alpha value is 0.788. The van der Waals surface area contributed by atoms with E-state index in [1.807, 2.05) is 0 Å². The average molecular weight is 362 g/mol. The SMILES string of the molecule is CC1(CCCCCN)O[Si](C)(C)[Si](C)(C)[Si](C)(C)[Si]1(C)C. The van der Waals surface area contributed by atoms with E-state index in [1.54, 1.807) is 0 Å². The molecule has 1 saturated heterocycles. The lowest BCUT2D eigenvalue weighted by Gasteiger charge is -2.66. The van der Waals surface area contributed by atoms with Crippen LogP contribution in [0.1, 0.15) is 32.6 Å². The molecule has 1 unspecified atom stereocenters. The van der Waals surface area contributed by atoms with Gasteiger partial charge in [-0.2, -0.15) is 0 Å². The third-order valence-corrected chi connectivity index (χ3v) is 75.4. The maximum Gasteiger partial charge on any atom is 0.171 e. The molecule has 1 atom stereocenters. The van der Waals surface area contributed by atoms with Gasteiger partial charge in [-0.05, 0) is 39.4 Å². The van der Waals surface area contributed by atoms with Gasteiger partial charge < -0.3 is 10.2 Å². The molecular formula is C15H39NOSi4. The maximum atomic E-state index is 7.07. The van der Waals surface area contributed by atoms with E-state index in [9.17, 15) is 0 Å². The van der Waals surface area contributed by atoms with Gasteiger partial charge >= 0.3 is 0 Å². The Balaban J connectivity index is 3.11. The van der Waals surface area contributed by atoms with Crippen LogP contribution in [0.2, 0.25) is 52.4 Å². The van der Waals surface area contributed by atoms with E-state index in [0.717, 1.165) is 6.54 Å². The van der Waals surface area contributed by atoms with Crippen LogP contribution < -0.4 is 5.73 Å². The van der Waals surface area contributed by atoms with E-state index >= 15 is 0 Å². The summed E-state index contributed by atoms with van der Waals surface area (Å²) in [5.74, 6) is 0. The molecule has 0 amide bonds. The van der Waals surface area contributed by atoms with Crippen LogP contribution in [0.3, 0.4) is 0 Å². The summed E-state index contributed by atoms with van der Waals surface area (Å²) in [4.78, 5) is 0. The monoisotopic (exact) mass is 361 g/mol. The lowest BCUT2D eigenvalue weighted by molar-refractivity contribution is 0.147. The van der Waals surface area contributed by atoms with Crippen molar-refractivity contribution in [2.24, 2.45) is 5.73 Å². The molecule has 0 aliphatic carbocycles. The first-order valence-corrected chi connectivity index (χ1v) is 23.6. The van der Waals surface area contributed by atoms with Crippen LogP contribution in [0, 0.1) is 0 Å². The highest BCUT2D eigenvalue weighted by Crippen LogP contribution is 2.49. The Kier molecular flexibility index (Phi) is 5.68. The van der Waals surface area contributed by atoms with Crippen molar-refractivity contribution in [2.45, 2.75) is 90.2 Å². The Morgan fingerprint density at radius 1 is 0.810 bits per heavy atom. The molecule has 0 aromatic rings. The minimum absolute atomic E-state index is 0.204. The molecule has 2 nitrogen and oxygen atoms in total. The second-order valence-electron chi connectivity index (χ2n) is 9.32. The maximum absolute atomic E-state index is 7.07. The summed E-state index contributed by atoms with van der Waals surface area (Å²) in [5, 5.41) is 0.204. The van der Waals surface area contributed by atoms with Crippen LogP contribution >= 0.6 is 0 Å². The summed E-state index contributed by atoms with van der Waals surface area (Å²) >= 11 is 0. The van der Waals surface area contributed by atoms with Gasteiger partial charge in [0.05, 0.1) is 14.7 Å². The fraction of sp³-hybridized carbons (Fsp3) is 1.00. The smallest absolute Gasteiger partial charge is 0.171 e. The lowest BCUT2D eigenvalue weighted by Crippen LogP contribution is -2.90. The first kappa shape index (κ1) is 19.8. The van der Waals surface area contributed by atoms with Gasteiger partial charge in [-0.1, -0.05) is 52.1 Å². The number of rotatable bonds is 5. The molecule has 1 rings (SSSR count). The predicted octanol–water partition coefficient (Wildman–Crippen LogP) is 4.40. The molecule has 6 heteroatoms. The average Bonchev–Trinajstić information content (AvgIpc) is 2.32. The van der Waals surface area contributed by atoms with E-state index in [2.05, 4.69) is 59.3 Å². The molecule has 0 aromatic carbocycles. The fourth-order valence-electron chi connectivity index (χ4n) is 4.16. The van der Waals surface area contributed by atoms with Gasteiger partial charge in [0.2, 0.25) is 0 Å². The van der Waals surface area contributed by atoms with Crippen molar-refractivity contribution >= 4 is 29.6 Å². The Morgan fingerprint density at radius 3 is 1.81 bits per heavy atom. The van der Waals surface area contributed by atoms with Crippen LogP contribution in [0.25, 0.3) is 0 Å². The summed E-state index contributed by atoms with van der Waals surface area (Å²) in [6.45, 7) is 24.4. The van der Waals surface area contributed by atoms with Crippen molar-refractivity contribution in [1.29, 1.82) is 0 Å². The van der Waals surface area contributed by atoms with Crippen molar-refractivity contribution in [3.8, 4) is 0 Å². The van der Waals surface area contributed by atoms with Gasteiger partial charge in [-0.15, -0.1) is 0 Å². The highest BCUT2D eigenvalue weighted by atomic mass is 29.8. The second kappa shape index (κ2) is 6.01. The molecule has 0 saturated carbocycles. The quantitative estimate of drug-likeness (QED) is 0.582. The summed E-state index contributed by atoms with van der Waals surface area (Å²) in [6, 6.07) is 0. The highest BCUT2D eigenvalue weighted by molar-refractivity contribution is 7.83. The van der Waals surface area contributed by atoms with Gasteiger partial charge in [-0.3, -0.25) is 0 Å². The van der Waals surface area contributed by atoms with E-state index in [4.69, 9.17) is 10.2 Å². The summed E-state index contributed by atoms with van der Waals surface area (Å²) < 4.78 is 7.07. The standard InChI is InChI=1S/C15H39NOSi4/c1-15(13-11-10-12-14-16)17-19(4,5)21(8,9)20(6,7)18(15,2)3/h10-14,16H2,1-9H3. The predicted molar refractivity (Wildman–Crippen MR) is 107 cm³/mol. The molecule has 0 aromatic heterocycles. The van der Waals surface area contributed by atoms with Gasteiger partial charge in [-0.25, -0.2) is 0 Å². The largest absolute Gasteiger partial charge is 0.418 e. The van der Waals surface area contributed by atoms with Gasteiger partial charge in [0.25, 0.3) is 0 Å². The third kappa shape index (κ3) is 2.96. The summed E-state index contributed by atoms with van der Waals surface area (Å²) in [5.41, 5.74) is 5.65. The Morgan fingerprint density at radius 2 is 1.33 bits per heavy atom. The molecule has 1 heterocycles. The molecule has 2 N–H and O–H groups in total. The van der Waals surface area contributed by atoms with Gasteiger partial charge in [0.15, 0.2) is 7.83 Å². The van der Waals surface area contributed by atoms with Gasteiger partial charge in [0, 0.05) is 12.3 Å². The minimum atomic E-state index is -1.54. The molecule has 0 radical (unpaired) electrons. The molecule has 0 bridgehead atoms. The zero-order valence-electron chi connectivity index (χ0n) is 16.0. The summed E-state index contributed by atoms with van der Waals surface area (Å²) in [7, 11) is -5.33. The Labute approximate surface area is 136 Å². The normalized spacial score (nSPS) is 32.9.